The number of hydrogen-bond acceptors (Lipinski definition) is 4. The van der Waals surface area contributed by atoms with Crippen LogP contribution in [0.3, 0.4) is 0 Å². The lowest BCUT2D eigenvalue weighted by Crippen LogP contribution is -1.89. The van der Waals surface area contributed by atoms with Gasteiger partial charge >= 0.3 is 0 Å². The normalized spacial score (nSPS) is 10.5. The standard InChI is InChI=1S/C11H12N2O2/c1-6-5-8(3-4-9(6)14)10-7(2)15-13-11(10)12/h3-5,14H,1-2H3,(H2,12,13). The molecule has 1 heterocycles. The van der Waals surface area contributed by atoms with Gasteiger partial charge in [-0.15, -0.1) is 0 Å². The van der Waals surface area contributed by atoms with E-state index in [0.29, 0.717) is 11.6 Å². The van der Waals surface area contributed by atoms with Gasteiger partial charge in [-0.3, -0.25) is 0 Å². The monoisotopic (exact) mass is 204 g/mol. The molecule has 0 saturated heterocycles. The van der Waals surface area contributed by atoms with Gasteiger partial charge in [-0.25, -0.2) is 0 Å². The maximum absolute atomic E-state index is 9.41. The zero-order chi connectivity index (χ0) is 11.0. The largest absolute Gasteiger partial charge is 0.508 e. The number of nitrogens with two attached hydrogens (primary N) is 1. The van der Waals surface area contributed by atoms with E-state index in [4.69, 9.17) is 10.3 Å². The quantitative estimate of drug-likeness (QED) is 0.747. The fourth-order valence-corrected chi connectivity index (χ4v) is 1.55. The molecule has 2 rings (SSSR count). The molecule has 0 aliphatic heterocycles. The molecule has 4 heteroatoms. The van der Waals surface area contributed by atoms with E-state index in [9.17, 15) is 5.11 Å². The minimum absolute atomic E-state index is 0.270. The van der Waals surface area contributed by atoms with Crippen LogP contribution in [0.2, 0.25) is 0 Å². The molecule has 0 atom stereocenters. The summed E-state index contributed by atoms with van der Waals surface area (Å²) < 4.78 is 4.98. The van der Waals surface area contributed by atoms with Gasteiger partial charge < -0.3 is 15.4 Å². The second-order valence-electron chi connectivity index (χ2n) is 3.50. The molecule has 2 aromatic rings. The number of phenols is 1. The molecule has 0 fully saturated rings. The van der Waals surface area contributed by atoms with Crippen LogP contribution in [0.5, 0.6) is 5.75 Å². The Morgan fingerprint density at radius 3 is 2.60 bits per heavy atom. The summed E-state index contributed by atoms with van der Waals surface area (Å²) in [6.45, 7) is 3.64. The van der Waals surface area contributed by atoms with Crippen molar-refractivity contribution in [3.05, 3.63) is 29.5 Å². The Kier molecular flexibility index (Phi) is 2.11. The van der Waals surface area contributed by atoms with Crippen LogP contribution in [0.25, 0.3) is 11.1 Å². The summed E-state index contributed by atoms with van der Waals surface area (Å²) in [4.78, 5) is 0. The molecule has 0 aliphatic rings. The number of aromatic hydroxyl groups is 1. The minimum atomic E-state index is 0.270. The van der Waals surface area contributed by atoms with E-state index in [1.54, 1.807) is 19.1 Å². The summed E-state index contributed by atoms with van der Waals surface area (Å²) in [7, 11) is 0. The van der Waals surface area contributed by atoms with Gasteiger partial charge in [0.05, 0.1) is 5.56 Å². The van der Waals surface area contributed by atoms with E-state index in [1.165, 1.54) is 0 Å². The molecule has 1 aromatic heterocycles. The van der Waals surface area contributed by atoms with Gasteiger partial charge in [0.2, 0.25) is 0 Å². The van der Waals surface area contributed by atoms with Gasteiger partial charge in [-0.2, -0.15) is 0 Å². The average Bonchev–Trinajstić information content (AvgIpc) is 2.52. The maximum atomic E-state index is 9.41. The highest BCUT2D eigenvalue weighted by atomic mass is 16.5. The third-order valence-electron chi connectivity index (χ3n) is 2.37. The second kappa shape index (κ2) is 3.31. The molecule has 0 aliphatic carbocycles. The summed E-state index contributed by atoms with van der Waals surface area (Å²) >= 11 is 0. The number of anilines is 1. The summed E-state index contributed by atoms with van der Waals surface area (Å²) in [5.74, 6) is 1.32. The number of aryl methyl sites for hydroxylation is 2. The first-order valence-corrected chi connectivity index (χ1v) is 4.61. The number of benzene rings is 1. The zero-order valence-corrected chi connectivity index (χ0v) is 8.61. The first kappa shape index (κ1) is 9.58. The predicted octanol–water partition coefficient (Wildman–Crippen LogP) is 2.25. The Hall–Kier alpha value is -1.97. The van der Waals surface area contributed by atoms with Crippen LogP contribution in [0.4, 0.5) is 5.82 Å². The van der Waals surface area contributed by atoms with Gasteiger partial charge in [0.1, 0.15) is 11.5 Å². The molecular formula is C11H12N2O2. The van der Waals surface area contributed by atoms with Gasteiger partial charge in [0.25, 0.3) is 0 Å². The molecule has 0 spiro atoms. The molecule has 3 N–H and O–H groups in total. The topological polar surface area (TPSA) is 72.3 Å². The molecule has 0 saturated carbocycles. The van der Waals surface area contributed by atoms with Crippen LogP contribution >= 0.6 is 0 Å². The highest BCUT2D eigenvalue weighted by Crippen LogP contribution is 2.31. The van der Waals surface area contributed by atoms with Crippen molar-refractivity contribution in [1.82, 2.24) is 5.16 Å². The van der Waals surface area contributed by atoms with Crippen LogP contribution in [0.1, 0.15) is 11.3 Å². The number of nitrogens with zero attached hydrogens (tertiary/aromatic N) is 1. The second-order valence-corrected chi connectivity index (χ2v) is 3.50. The van der Waals surface area contributed by atoms with E-state index in [0.717, 1.165) is 16.7 Å². The first-order valence-electron chi connectivity index (χ1n) is 4.61. The highest BCUT2D eigenvalue weighted by molar-refractivity contribution is 5.76. The predicted molar refractivity (Wildman–Crippen MR) is 57.5 cm³/mol. The lowest BCUT2D eigenvalue weighted by Gasteiger charge is -2.03. The molecule has 4 nitrogen and oxygen atoms in total. The van der Waals surface area contributed by atoms with Crippen molar-refractivity contribution >= 4 is 5.82 Å². The molecule has 78 valence electrons. The number of nitrogen functional groups attached to an aromatic ring is 1. The van der Waals surface area contributed by atoms with E-state index in [2.05, 4.69) is 5.16 Å². The molecular weight excluding hydrogens is 192 g/mol. The average molecular weight is 204 g/mol. The van der Waals surface area contributed by atoms with Gasteiger partial charge in [0.15, 0.2) is 5.82 Å². The molecule has 0 amide bonds. The van der Waals surface area contributed by atoms with Crippen LogP contribution in [-0.4, -0.2) is 10.3 Å². The van der Waals surface area contributed by atoms with Crippen molar-refractivity contribution in [2.75, 3.05) is 5.73 Å². The lowest BCUT2D eigenvalue weighted by molar-refractivity contribution is 0.401. The molecule has 0 bridgehead atoms. The number of rotatable bonds is 1. The smallest absolute Gasteiger partial charge is 0.175 e. The Bertz CT molecular complexity index is 484. The Morgan fingerprint density at radius 1 is 1.33 bits per heavy atom. The Labute approximate surface area is 87.3 Å². The summed E-state index contributed by atoms with van der Waals surface area (Å²) in [5.41, 5.74) is 8.19. The van der Waals surface area contributed by atoms with E-state index in [-0.39, 0.29) is 5.75 Å². The van der Waals surface area contributed by atoms with E-state index in [1.807, 2.05) is 13.0 Å². The van der Waals surface area contributed by atoms with Crippen LogP contribution in [0, 0.1) is 13.8 Å². The molecule has 0 radical (unpaired) electrons. The molecule has 1 aromatic carbocycles. The Balaban J connectivity index is 2.59. The summed E-state index contributed by atoms with van der Waals surface area (Å²) in [5, 5.41) is 13.1. The molecule has 0 unspecified atom stereocenters. The third-order valence-corrected chi connectivity index (χ3v) is 2.37. The summed E-state index contributed by atoms with van der Waals surface area (Å²) in [6.07, 6.45) is 0. The van der Waals surface area contributed by atoms with E-state index < -0.39 is 0 Å². The van der Waals surface area contributed by atoms with Gasteiger partial charge in [-0.05, 0) is 37.1 Å². The third kappa shape index (κ3) is 1.54. The van der Waals surface area contributed by atoms with Crippen molar-refractivity contribution in [3.8, 4) is 16.9 Å². The van der Waals surface area contributed by atoms with Crippen molar-refractivity contribution < 1.29 is 9.63 Å². The van der Waals surface area contributed by atoms with Crippen molar-refractivity contribution in [3.63, 3.8) is 0 Å². The highest BCUT2D eigenvalue weighted by Gasteiger charge is 2.12. The molecule has 15 heavy (non-hydrogen) atoms. The van der Waals surface area contributed by atoms with Crippen molar-refractivity contribution in [2.45, 2.75) is 13.8 Å². The van der Waals surface area contributed by atoms with Gasteiger partial charge in [-0.1, -0.05) is 11.2 Å². The maximum Gasteiger partial charge on any atom is 0.175 e. The number of aromatic nitrogens is 1. The lowest BCUT2D eigenvalue weighted by atomic mass is 10.0. The summed E-state index contributed by atoms with van der Waals surface area (Å²) in [6, 6.07) is 5.28. The SMILES string of the molecule is Cc1cc(-c2c(N)noc2C)ccc1O. The van der Waals surface area contributed by atoms with Crippen molar-refractivity contribution in [2.24, 2.45) is 0 Å². The fraction of sp³-hybridized carbons (Fsp3) is 0.182. The zero-order valence-electron chi connectivity index (χ0n) is 8.61. The van der Waals surface area contributed by atoms with Crippen LogP contribution in [0.15, 0.2) is 22.7 Å². The first-order chi connectivity index (χ1) is 7.09. The number of phenolic OH excluding ortho intramolecular Hbond substituents is 1. The van der Waals surface area contributed by atoms with Crippen LogP contribution in [-0.2, 0) is 0 Å². The fourth-order valence-electron chi connectivity index (χ4n) is 1.55. The minimum Gasteiger partial charge on any atom is -0.508 e. The van der Waals surface area contributed by atoms with Crippen LogP contribution < -0.4 is 5.73 Å². The number of hydrogen-bond donors (Lipinski definition) is 2. The van der Waals surface area contributed by atoms with Crippen molar-refractivity contribution in [1.29, 1.82) is 0 Å². The van der Waals surface area contributed by atoms with E-state index >= 15 is 0 Å². The van der Waals surface area contributed by atoms with Gasteiger partial charge in [0, 0.05) is 0 Å². The Morgan fingerprint density at radius 2 is 2.07 bits per heavy atom.